The number of nitrogens with zero attached hydrogens (tertiary/aromatic N) is 2. The summed E-state index contributed by atoms with van der Waals surface area (Å²) in [5.41, 5.74) is 1.03. The standard InChI is InChI=1S/C14H18N4S/c1-4-15-13-9-14(17-10(2)16-13)18-11-6-5-7-12(8-11)19-3/h5-9H,4H2,1-3H3,(H2,15,16,17,18). The molecule has 0 atom stereocenters. The maximum atomic E-state index is 4.40. The van der Waals surface area contributed by atoms with E-state index in [-0.39, 0.29) is 0 Å². The first-order valence-electron chi connectivity index (χ1n) is 6.22. The van der Waals surface area contributed by atoms with Crippen LogP contribution in [-0.2, 0) is 0 Å². The van der Waals surface area contributed by atoms with Gasteiger partial charge in [0.25, 0.3) is 0 Å². The first-order chi connectivity index (χ1) is 9.21. The molecule has 0 unspecified atom stereocenters. The molecule has 19 heavy (non-hydrogen) atoms. The highest BCUT2D eigenvalue weighted by Gasteiger charge is 2.02. The lowest BCUT2D eigenvalue weighted by Gasteiger charge is -2.10. The summed E-state index contributed by atoms with van der Waals surface area (Å²) in [7, 11) is 0. The minimum absolute atomic E-state index is 0.752. The van der Waals surface area contributed by atoms with Gasteiger partial charge in [0.1, 0.15) is 17.5 Å². The number of rotatable bonds is 5. The van der Waals surface area contributed by atoms with Gasteiger partial charge in [-0.05, 0) is 38.3 Å². The number of hydrogen-bond donors (Lipinski definition) is 2. The Labute approximate surface area is 118 Å². The normalized spacial score (nSPS) is 10.3. The topological polar surface area (TPSA) is 49.8 Å². The fraction of sp³-hybridized carbons (Fsp3) is 0.286. The summed E-state index contributed by atoms with van der Waals surface area (Å²) in [5, 5.41) is 6.52. The number of anilines is 3. The summed E-state index contributed by atoms with van der Waals surface area (Å²) in [4.78, 5) is 9.96. The van der Waals surface area contributed by atoms with E-state index in [1.807, 2.05) is 32.0 Å². The molecule has 0 fully saturated rings. The Bertz CT molecular complexity index is 557. The van der Waals surface area contributed by atoms with E-state index in [0.717, 1.165) is 29.7 Å². The second-order valence-electron chi connectivity index (χ2n) is 4.07. The molecule has 1 aromatic carbocycles. The van der Waals surface area contributed by atoms with Crippen LogP contribution < -0.4 is 10.6 Å². The highest BCUT2D eigenvalue weighted by molar-refractivity contribution is 7.98. The Morgan fingerprint density at radius 2 is 1.95 bits per heavy atom. The lowest BCUT2D eigenvalue weighted by Crippen LogP contribution is -2.04. The summed E-state index contributed by atoms with van der Waals surface area (Å²) >= 11 is 1.72. The number of thioether (sulfide) groups is 1. The third-order valence-electron chi connectivity index (χ3n) is 2.54. The van der Waals surface area contributed by atoms with Crippen molar-refractivity contribution in [1.82, 2.24) is 9.97 Å². The second kappa shape index (κ2) is 6.43. The summed E-state index contributed by atoms with van der Waals surface area (Å²) < 4.78 is 0. The van der Waals surface area contributed by atoms with Crippen LogP contribution in [0.1, 0.15) is 12.7 Å². The maximum absolute atomic E-state index is 4.40. The van der Waals surface area contributed by atoms with E-state index in [4.69, 9.17) is 0 Å². The lowest BCUT2D eigenvalue weighted by atomic mass is 10.3. The van der Waals surface area contributed by atoms with Crippen LogP contribution in [0.15, 0.2) is 35.2 Å². The van der Waals surface area contributed by atoms with E-state index in [1.165, 1.54) is 4.90 Å². The van der Waals surface area contributed by atoms with Crippen molar-refractivity contribution in [3.63, 3.8) is 0 Å². The van der Waals surface area contributed by atoms with Crippen molar-refractivity contribution in [2.24, 2.45) is 0 Å². The van der Waals surface area contributed by atoms with E-state index in [9.17, 15) is 0 Å². The summed E-state index contributed by atoms with van der Waals surface area (Å²) in [5.74, 6) is 2.40. The van der Waals surface area contributed by atoms with E-state index in [0.29, 0.717) is 0 Å². The van der Waals surface area contributed by atoms with Gasteiger partial charge in [-0.1, -0.05) is 6.07 Å². The second-order valence-corrected chi connectivity index (χ2v) is 4.95. The molecule has 0 radical (unpaired) electrons. The molecule has 2 N–H and O–H groups in total. The van der Waals surface area contributed by atoms with Crippen molar-refractivity contribution in [2.75, 3.05) is 23.4 Å². The van der Waals surface area contributed by atoms with E-state index in [2.05, 4.69) is 39.0 Å². The molecule has 0 bridgehead atoms. The summed E-state index contributed by atoms with van der Waals surface area (Å²) in [6, 6.07) is 10.2. The van der Waals surface area contributed by atoms with Crippen LogP contribution in [0.4, 0.5) is 17.3 Å². The molecule has 0 saturated heterocycles. The first kappa shape index (κ1) is 13.7. The quantitative estimate of drug-likeness (QED) is 0.814. The van der Waals surface area contributed by atoms with Gasteiger partial charge in [0.15, 0.2) is 0 Å². The van der Waals surface area contributed by atoms with Gasteiger partial charge in [0, 0.05) is 23.2 Å². The Hall–Kier alpha value is -1.75. The van der Waals surface area contributed by atoms with Crippen molar-refractivity contribution >= 4 is 29.1 Å². The summed E-state index contributed by atoms with van der Waals surface area (Å²) in [6.45, 7) is 4.79. The Balaban J connectivity index is 2.22. The molecule has 0 aliphatic rings. The smallest absolute Gasteiger partial charge is 0.136 e. The molecule has 4 nitrogen and oxygen atoms in total. The van der Waals surface area contributed by atoms with Crippen LogP contribution in [0.25, 0.3) is 0 Å². The number of benzene rings is 1. The van der Waals surface area contributed by atoms with E-state index >= 15 is 0 Å². The van der Waals surface area contributed by atoms with Crippen molar-refractivity contribution in [3.8, 4) is 0 Å². The molecule has 1 aromatic heterocycles. The fourth-order valence-electron chi connectivity index (χ4n) is 1.75. The third-order valence-corrected chi connectivity index (χ3v) is 3.26. The van der Waals surface area contributed by atoms with Crippen LogP contribution in [-0.4, -0.2) is 22.8 Å². The molecule has 100 valence electrons. The van der Waals surface area contributed by atoms with Crippen LogP contribution in [0.2, 0.25) is 0 Å². The van der Waals surface area contributed by atoms with Crippen LogP contribution >= 0.6 is 11.8 Å². The Morgan fingerprint density at radius 3 is 2.68 bits per heavy atom. The molecule has 0 amide bonds. The first-order valence-corrected chi connectivity index (χ1v) is 7.44. The summed E-state index contributed by atoms with van der Waals surface area (Å²) in [6.07, 6.45) is 2.07. The Morgan fingerprint density at radius 1 is 1.16 bits per heavy atom. The SMILES string of the molecule is CCNc1cc(Nc2cccc(SC)c2)nc(C)n1. The van der Waals surface area contributed by atoms with Crippen LogP contribution in [0.3, 0.4) is 0 Å². The zero-order valence-electron chi connectivity index (χ0n) is 11.4. The van der Waals surface area contributed by atoms with Crippen LogP contribution in [0.5, 0.6) is 0 Å². The zero-order chi connectivity index (χ0) is 13.7. The molecule has 1 heterocycles. The predicted octanol–water partition coefficient (Wildman–Crippen LogP) is 3.68. The molecule has 0 aliphatic carbocycles. The number of aryl methyl sites for hydroxylation is 1. The van der Waals surface area contributed by atoms with Crippen LogP contribution in [0, 0.1) is 6.92 Å². The lowest BCUT2D eigenvalue weighted by molar-refractivity contribution is 1.04. The molecular weight excluding hydrogens is 256 g/mol. The van der Waals surface area contributed by atoms with Crippen molar-refractivity contribution in [1.29, 1.82) is 0 Å². The molecule has 0 spiro atoms. The highest BCUT2D eigenvalue weighted by Crippen LogP contribution is 2.22. The van der Waals surface area contributed by atoms with Crippen molar-refractivity contribution in [3.05, 3.63) is 36.2 Å². The highest BCUT2D eigenvalue weighted by atomic mass is 32.2. The monoisotopic (exact) mass is 274 g/mol. The molecule has 5 heteroatoms. The molecule has 0 saturated carbocycles. The fourth-order valence-corrected chi connectivity index (χ4v) is 2.21. The average Bonchev–Trinajstić information content (AvgIpc) is 2.38. The van der Waals surface area contributed by atoms with Gasteiger partial charge >= 0.3 is 0 Å². The van der Waals surface area contributed by atoms with Gasteiger partial charge in [0.2, 0.25) is 0 Å². The average molecular weight is 274 g/mol. The van der Waals surface area contributed by atoms with Gasteiger partial charge < -0.3 is 10.6 Å². The zero-order valence-corrected chi connectivity index (χ0v) is 12.2. The van der Waals surface area contributed by atoms with Crippen molar-refractivity contribution in [2.45, 2.75) is 18.7 Å². The van der Waals surface area contributed by atoms with Gasteiger partial charge in [-0.3, -0.25) is 0 Å². The number of aromatic nitrogens is 2. The molecular formula is C14H18N4S. The Kier molecular flexibility index (Phi) is 4.63. The molecule has 2 rings (SSSR count). The molecule has 0 aliphatic heterocycles. The van der Waals surface area contributed by atoms with E-state index in [1.54, 1.807) is 11.8 Å². The third kappa shape index (κ3) is 3.86. The molecule has 2 aromatic rings. The number of hydrogen-bond acceptors (Lipinski definition) is 5. The van der Waals surface area contributed by atoms with Gasteiger partial charge in [0.05, 0.1) is 0 Å². The van der Waals surface area contributed by atoms with Gasteiger partial charge in [-0.25, -0.2) is 9.97 Å². The maximum Gasteiger partial charge on any atom is 0.136 e. The minimum atomic E-state index is 0.752. The predicted molar refractivity (Wildman–Crippen MR) is 82.4 cm³/mol. The minimum Gasteiger partial charge on any atom is -0.370 e. The van der Waals surface area contributed by atoms with E-state index < -0.39 is 0 Å². The van der Waals surface area contributed by atoms with Gasteiger partial charge in [-0.2, -0.15) is 0 Å². The largest absolute Gasteiger partial charge is 0.370 e. The number of nitrogens with one attached hydrogen (secondary N) is 2. The van der Waals surface area contributed by atoms with Gasteiger partial charge in [-0.15, -0.1) is 11.8 Å². The van der Waals surface area contributed by atoms with Crippen molar-refractivity contribution < 1.29 is 0 Å².